The van der Waals surface area contributed by atoms with Gasteiger partial charge >= 0.3 is 0 Å². The zero-order chi connectivity index (χ0) is 13.0. The van der Waals surface area contributed by atoms with Crippen LogP contribution in [0.25, 0.3) is 0 Å². The van der Waals surface area contributed by atoms with Gasteiger partial charge < -0.3 is 15.2 Å². The number of carbonyl (C=O) groups excluding carboxylic acids is 1. The number of hydrogen-bond donors (Lipinski definition) is 2. The summed E-state index contributed by atoms with van der Waals surface area (Å²) in [5.41, 5.74) is 0. The lowest BCUT2D eigenvalue weighted by molar-refractivity contribution is -0.121. The number of hydrogen-bond acceptors (Lipinski definition) is 3. The summed E-state index contributed by atoms with van der Waals surface area (Å²) in [5.74, 6) is 1.70. The molecular weight excluding hydrogens is 228 g/mol. The van der Waals surface area contributed by atoms with Gasteiger partial charge in [0.15, 0.2) is 0 Å². The Labute approximate surface area is 108 Å². The molecule has 100 valence electrons. The molecule has 5 heteroatoms. The summed E-state index contributed by atoms with van der Waals surface area (Å²) in [4.78, 5) is 16.0. The number of amides is 1. The van der Waals surface area contributed by atoms with Crippen molar-refractivity contribution in [2.45, 2.75) is 45.8 Å². The van der Waals surface area contributed by atoms with Crippen LogP contribution in [-0.4, -0.2) is 28.0 Å². The minimum absolute atomic E-state index is 0.0747. The van der Waals surface area contributed by atoms with Gasteiger partial charge in [-0.25, -0.2) is 4.98 Å². The Kier molecular flexibility index (Phi) is 4.36. The Morgan fingerprint density at radius 3 is 3.00 bits per heavy atom. The molecule has 1 amide bonds. The number of nitrogens with zero attached hydrogens (tertiary/aromatic N) is 2. The SMILES string of the molecule is CC(C)NCc1nccn1CC(=O)NCC1CC1. The van der Waals surface area contributed by atoms with Gasteiger partial charge in [0.05, 0.1) is 6.54 Å². The minimum atomic E-state index is 0.0747. The van der Waals surface area contributed by atoms with Gasteiger partial charge in [-0.1, -0.05) is 13.8 Å². The predicted octanol–water partition coefficient (Wildman–Crippen LogP) is 0.907. The van der Waals surface area contributed by atoms with Crippen molar-refractivity contribution < 1.29 is 4.79 Å². The zero-order valence-electron chi connectivity index (χ0n) is 11.1. The van der Waals surface area contributed by atoms with Crippen LogP contribution >= 0.6 is 0 Å². The van der Waals surface area contributed by atoms with Gasteiger partial charge in [0.2, 0.25) is 5.91 Å². The maximum Gasteiger partial charge on any atom is 0.239 e. The van der Waals surface area contributed by atoms with Crippen LogP contribution in [0.5, 0.6) is 0 Å². The van der Waals surface area contributed by atoms with Crippen molar-refractivity contribution in [1.82, 2.24) is 20.2 Å². The summed E-state index contributed by atoms with van der Waals surface area (Å²) in [6.45, 7) is 6.07. The van der Waals surface area contributed by atoms with E-state index in [0.717, 1.165) is 18.3 Å². The molecule has 2 rings (SSSR count). The molecule has 1 aliphatic carbocycles. The molecule has 0 spiro atoms. The second kappa shape index (κ2) is 6.00. The zero-order valence-corrected chi connectivity index (χ0v) is 11.1. The highest BCUT2D eigenvalue weighted by molar-refractivity contribution is 5.75. The molecule has 1 aromatic heterocycles. The Balaban J connectivity index is 1.79. The quantitative estimate of drug-likeness (QED) is 0.756. The van der Waals surface area contributed by atoms with Crippen molar-refractivity contribution in [1.29, 1.82) is 0 Å². The topological polar surface area (TPSA) is 59.0 Å². The van der Waals surface area contributed by atoms with Crippen LogP contribution in [0.3, 0.4) is 0 Å². The normalized spacial score (nSPS) is 15.1. The highest BCUT2D eigenvalue weighted by atomic mass is 16.1. The molecule has 0 saturated heterocycles. The molecule has 18 heavy (non-hydrogen) atoms. The van der Waals surface area contributed by atoms with E-state index in [4.69, 9.17) is 0 Å². The second-order valence-electron chi connectivity index (χ2n) is 5.25. The molecule has 2 N–H and O–H groups in total. The fourth-order valence-corrected chi connectivity index (χ4v) is 1.74. The number of nitrogens with one attached hydrogen (secondary N) is 2. The third-order valence-corrected chi connectivity index (χ3v) is 3.07. The van der Waals surface area contributed by atoms with Gasteiger partial charge in [-0.15, -0.1) is 0 Å². The molecule has 0 unspecified atom stereocenters. The largest absolute Gasteiger partial charge is 0.354 e. The van der Waals surface area contributed by atoms with Crippen LogP contribution in [0.15, 0.2) is 12.4 Å². The standard InChI is InChI=1S/C13H22N4O/c1-10(2)15-8-12-14-5-6-17(12)9-13(18)16-7-11-3-4-11/h5-6,10-11,15H,3-4,7-9H2,1-2H3,(H,16,18). The Morgan fingerprint density at radius 2 is 2.33 bits per heavy atom. The first-order valence-corrected chi connectivity index (χ1v) is 6.65. The third kappa shape index (κ3) is 4.14. The molecule has 0 bridgehead atoms. The predicted molar refractivity (Wildman–Crippen MR) is 69.9 cm³/mol. The number of rotatable bonds is 7. The summed E-state index contributed by atoms with van der Waals surface area (Å²) in [7, 11) is 0. The molecule has 1 aliphatic rings. The van der Waals surface area contributed by atoms with Crippen LogP contribution in [0.4, 0.5) is 0 Å². The first-order chi connectivity index (χ1) is 8.65. The van der Waals surface area contributed by atoms with Gasteiger partial charge in [0.25, 0.3) is 0 Å². The van der Waals surface area contributed by atoms with E-state index in [1.54, 1.807) is 6.20 Å². The Bertz CT molecular complexity index is 395. The molecule has 0 aliphatic heterocycles. The van der Waals surface area contributed by atoms with Gasteiger partial charge in [0, 0.05) is 25.0 Å². The lowest BCUT2D eigenvalue weighted by Crippen LogP contribution is -2.31. The Morgan fingerprint density at radius 1 is 1.56 bits per heavy atom. The minimum Gasteiger partial charge on any atom is -0.354 e. The van der Waals surface area contributed by atoms with Gasteiger partial charge in [0.1, 0.15) is 12.4 Å². The summed E-state index contributed by atoms with van der Waals surface area (Å²) in [5, 5.41) is 6.27. The summed E-state index contributed by atoms with van der Waals surface area (Å²) >= 11 is 0. The van der Waals surface area contributed by atoms with Gasteiger partial charge in [-0.2, -0.15) is 0 Å². The molecule has 1 heterocycles. The van der Waals surface area contributed by atoms with Crippen LogP contribution in [-0.2, 0) is 17.9 Å². The lowest BCUT2D eigenvalue weighted by Gasteiger charge is -2.11. The van der Waals surface area contributed by atoms with E-state index in [0.29, 0.717) is 19.1 Å². The summed E-state index contributed by atoms with van der Waals surface area (Å²) in [6.07, 6.45) is 6.11. The van der Waals surface area contributed by atoms with Gasteiger partial charge in [-0.3, -0.25) is 4.79 Å². The van der Waals surface area contributed by atoms with E-state index in [-0.39, 0.29) is 5.91 Å². The van der Waals surface area contributed by atoms with Crippen LogP contribution in [0.2, 0.25) is 0 Å². The molecule has 5 nitrogen and oxygen atoms in total. The van der Waals surface area contributed by atoms with E-state index >= 15 is 0 Å². The first kappa shape index (κ1) is 13.1. The van der Waals surface area contributed by atoms with Crippen molar-refractivity contribution in [2.24, 2.45) is 5.92 Å². The van der Waals surface area contributed by atoms with E-state index in [1.165, 1.54) is 12.8 Å². The van der Waals surface area contributed by atoms with Crippen LogP contribution in [0.1, 0.15) is 32.5 Å². The van der Waals surface area contributed by atoms with Crippen molar-refractivity contribution >= 4 is 5.91 Å². The summed E-state index contributed by atoms with van der Waals surface area (Å²) in [6, 6.07) is 0.416. The molecule has 0 atom stereocenters. The lowest BCUT2D eigenvalue weighted by atomic mass is 10.4. The second-order valence-corrected chi connectivity index (χ2v) is 5.25. The van der Waals surface area contributed by atoms with Crippen LogP contribution in [0, 0.1) is 5.92 Å². The maximum atomic E-state index is 11.8. The van der Waals surface area contributed by atoms with Crippen molar-refractivity contribution in [3.8, 4) is 0 Å². The van der Waals surface area contributed by atoms with E-state index in [2.05, 4.69) is 29.5 Å². The fourth-order valence-electron chi connectivity index (χ4n) is 1.74. The average molecular weight is 250 g/mol. The summed E-state index contributed by atoms with van der Waals surface area (Å²) < 4.78 is 1.90. The molecule has 0 aromatic carbocycles. The van der Waals surface area contributed by atoms with Gasteiger partial charge in [-0.05, 0) is 18.8 Å². The van der Waals surface area contributed by atoms with Crippen molar-refractivity contribution in [3.05, 3.63) is 18.2 Å². The maximum absolute atomic E-state index is 11.8. The number of carbonyl (C=O) groups is 1. The van der Waals surface area contributed by atoms with Crippen molar-refractivity contribution in [3.63, 3.8) is 0 Å². The molecule has 1 fully saturated rings. The highest BCUT2D eigenvalue weighted by Crippen LogP contribution is 2.27. The molecule has 0 radical (unpaired) electrons. The van der Waals surface area contributed by atoms with Crippen molar-refractivity contribution in [2.75, 3.05) is 6.54 Å². The fraction of sp³-hybridized carbons (Fsp3) is 0.692. The Hall–Kier alpha value is -1.36. The van der Waals surface area contributed by atoms with E-state index in [9.17, 15) is 4.79 Å². The van der Waals surface area contributed by atoms with Crippen LogP contribution < -0.4 is 10.6 Å². The number of aromatic nitrogens is 2. The number of imidazole rings is 1. The molecule has 1 saturated carbocycles. The smallest absolute Gasteiger partial charge is 0.239 e. The van der Waals surface area contributed by atoms with E-state index in [1.807, 2.05) is 10.8 Å². The van der Waals surface area contributed by atoms with E-state index < -0.39 is 0 Å². The molecular formula is C13H22N4O. The third-order valence-electron chi connectivity index (χ3n) is 3.07. The first-order valence-electron chi connectivity index (χ1n) is 6.65. The monoisotopic (exact) mass is 250 g/mol. The highest BCUT2D eigenvalue weighted by Gasteiger charge is 2.21. The molecule has 1 aromatic rings. The average Bonchev–Trinajstić information content (AvgIpc) is 3.05.